The van der Waals surface area contributed by atoms with E-state index < -0.39 is 6.10 Å². The molecule has 2 amide bonds. The number of carbonyl (C=O) groups is 2. The number of carbonyl (C=O) groups excluding carboxylic acids is 2. The SMILES string of the molecule is CCC1CC2C(=O)N([C@H]3CCC[C@@H]3O)C(=O)C2C1. The summed E-state index contributed by atoms with van der Waals surface area (Å²) in [6.45, 7) is 2.12. The highest BCUT2D eigenvalue weighted by molar-refractivity contribution is 6.05. The second-order valence-corrected chi connectivity index (χ2v) is 6.07. The van der Waals surface area contributed by atoms with Crippen molar-refractivity contribution >= 4 is 11.8 Å². The van der Waals surface area contributed by atoms with Crippen LogP contribution in [0.15, 0.2) is 0 Å². The minimum absolute atomic E-state index is 0.00750. The third-order valence-electron chi connectivity index (χ3n) is 5.12. The van der Waals surface area contributed by atoms with Gasteiger partial charge in [-0.1, -0.05) is 13.3 Å². The van der Waals surface area contributed by atoms with Gasteiger partial charge < -0.3 is 5.11 Å². The summed E-state index contributed by atoms with van der Waals surface area (Å²) >= 11 is 0. The summed E-state index contributed by atoms with van der Waals surface area (Å²) in [4.78, 5) is 26.2. The number of fused-ring (bicyclic) bond motifs is 1. The molecule has 2 saturated carbocycles. The van der Waals surface area contributed by atoms with E-state index in [1.165, 1.54) is 4.90 Å². The second-order valence-electron chi connectivity index (χ2n) is 6.07. The molecule has 100 valence electrons. The number of nitrogens with zero attached hydrogens (tertiary/aromatic N) is 1. The van der Waals surface area contributed by atoms with Gasteiger partial charge in [0, 0.05) is 0 Å². The maximum Gasteiger partial charge on any atom is 0.233 e. The molecule has 0 spiro atoms. The summed E-state index contributed by atoms with van der Waals surface area (Å²) in [7, 11) is 0. The quantitative estimate of drug-likeness (QED) is 0.753. The summed E-state index contributed by atoms with van der Waals surface area (Å²) in [5, 5.41) is 9.90. The van der Waals surface area contributed by atoms with Gasteiger partial charge in [-0.15, -0.1) is 0 Å². The van der Waals surface area contributed by atoms with Crippen molar-refractivity contribution in [2.24, 2.45) is 17.8 Å². The fraction of sp³-hybridized carbons (Fsp3) is 0.857. The van der Waals surface area contributed by atoms with E-state index in [1.54, 1.807) is 0 Å². The lowest BCUT2D eigenvalue weighted by atomic mass is 10.00. The molecule has 3 rings (SSSR count). The number of rotatable bonds is 2. The zero-order valence-corrected chi connectivity index (χ0v) is 10.8. The topological polar surface area (TPSA) is 57.6 Å². The van der Waals surface area contributed by atoms with Crippen molar-refractivity contribution in [3.8, 4) is 0 Å². The van der Waals surface area contributed by atoms with Crippen LogP contribution >= 0.6 is 0 Å². The molecular formula is C14H21NO3. The fourth-order valence-corrected chi connectivity index (χ4v) is 4.04. The van der Waals surface area contributed by atoms with Gasteiger partial charge in [-0.25, -0.2) is 0 Å². The van der Waals surface area contributed by atoms with Crippen LogP contribution < -0.4 is 0 Å². The van der Waals surface area contributed by atoms with Crippen molar-refractivity contribution in [3.63, 3.8) is 0 Å². The first kappa shape index (κ1) is 12.2. The third-order valence-corrected chi connectivity index (χ3v) is 5.12. The molecule has 3 fully saturated rings. The normalized spacial score (nSPS) is 43.9. The number of likely N-dealkylation sites (tertiary alicyclic amines) is 1. The van der Waals surface area contributed by atoms with E-state index in [1.807, 2.05) is 0 Å². The fourth-order valence-electron chi connectivity index (χ4n) is 4.04. The highest BCUT2D eigenvalue weighted by Gasteiger charge is 2.55. The van der Waals surface area contributed by atoms with Crippen LogP contribution in [0.4, 0.5) is 0 Å². The van der Waals surface area contributed by atoms with Gasteiger partial charge >= 0.3 is 0 Å². The lowest BCUT2D eigenvalue weighted by Gasteiger charge is -2.26. The van der Waals surface area contributed by atoms with Crippen LogP contribution in [0.2, 0.25) is 0 Å². The van der Waals surface area contributed by atoms with E-state index in [-0.39, 0.29) is 29.7 Å². The van der Waals surface area contributed by atoms with Crippen LogP contribution in [0.3, 0.4) is 0 Å². The highest BCUT2D eigenvalue weighted by atomic mass is 16.3. The van der Waals surface area contributed by atoms with Crippen LogP contribution in [0.1, 0.15) is 45.4 Å². The Hall–Kier alpha value is -0.900. The zero-order valence-electron chi connectivity index (χ0n) is 10.8. The van der Waals surface area contributed by atoms with E-state index in [9.17, 15) is 14.7 Å². The maximum atomic E-state index is 12.4. The average molecular weight is 251 g/mol. The lowest BCUT2D eigenvalue weighted by Crippen LogP contribution is -2.45. The first-order chi connectivity index (χ1) is 8.63. The van der Waals surface area contributed by atoms with Gasteiger partial charge in [-0.05, 0) is 38.0 Å². The summed E-state index contributed by atoms with van der Waals surface area (Å²) in [6, 6.07) is -0.240. The largest absolute Gasteiger partial charge is 0.391 e. The smallest absolute Gasteiger partial charge is 0.233 e. The standard InChI is InChI=1S/C14H21NO3/c1-2-8-6-9-10(7-8)14(18)15(13(9)17)11-4-3-5-12(11)16/h8-12,16H,2-7H2,1H3/t8?,9?,10?,11-,12-/m0/s1. The molecule has 1 N–H and O–H groups in total. The Morgan fingerprint density at radius 3 is 2.22 bits per heavy atom. The van der Waals surface area contributed by atoms with Gasteiger partial charge in [0.25, 0.3) is 0 Å². The number of aliphatic hydroxyl groups excluding tert-OH is 1. The van der Waals surface area contributed by atoms with Crippen molar-refractivity contribution in [1.29, 1.82) is 0 Å². The molecule has 0 aromatic carbocycles. The first-order valence-corrected chi connectivity index (χ1v) is 7.18. The van der Waals surface area contributed by atoms with Crippen LogP contribution in [0.5, 0.6) is 0 Å². The Bertz CT molecular complexity index is 357. The molecule has 4 heteroatoms. The zero-order chi connectivity index (χ0) is 12.9. The van der Waals surface area contributed by atoms with Gasteiger partial charge in [0.2, 0.25) is 11.8 Å². The van der Waals surface area contributed by atoms with Gasteiger partial charge in [0.15, 0.2) is 0 Å². The minimum atomic E-state index is -0.501. The van der Waals surface area contributed by atoms with E-state index in [4.69, 9.17) is 0 Å². The number of aliphatic hydroxyl groups is 1. The highest BCUT2D eigenvalue weighted by Crippen LogP contribution is 2.46. The summed E-state index contributed by atoms with van der Waals surface area (Å²) in [5.41, 5.74) is 0. The van der Waals surface area contributed by atoms with E-state index in [2.05, 4.69) is 6.92 Å². The summed E-state index contributed by atoms with van der Waals surface area (Å²) in [6.07, 6.45) is 4.69. The minimum Gasteiger partial charge on any atom is -0.391 e. The Morgan fingerprint density at radius 1 is 1.17 bits per heavy atom. The molecule has 1 saturated heterocycles. The number of amides is 2. The molecule has 2 aliphatic carbocycles. The van der Waals surface area contributed by atoms with Crippen molar-refractivity contribution in [2.45, 2.75) is 57.6 Å². The average Bonchev–Trinajstić information content (AvgIpc) is 3.00. The summed E-state index contributed by atoms with van der Waals surface area (Å²) < 4.78 is 0. The van der Waals surface area contributed by atoms with Gasteiger partial charge in [0.1, 0.15) is 0 Å². The molecule has 4 nitrogen and oxygen atoms in total. The lowest BCUT2D eigenvalue weighted by molar-refractivity contribution is -0.145. The summed E-state index contributed by atoms with van der Waals surface area (Å²) in [5.74, 6) is 0.341. The van der Waals surface area contributed by atoms with Gasteiger partial charge in [-0.2, -0.15) is 0 Å². The monoisotopic (exact) mass is 251 g/mol. The number of hydrogen-bond donors (Lipinski definition) is 1. The molecule has 4 atom stereocenters. The second kappa shape index (κ2) is 4.34. The molecule has 0 bridgehead atoms. The molecule has 0 radical (unpaired) electrons. The molecule has 0 aromatic rings. The van der Waals surface area contributed by atoms with Gasteiger partial charge in [0.05, 0.1) is 24.0 Å². The first-order valence-electron chi connectivity index (χ1n) is 7.18. The predicted octanol–water partition coefficient (Wildman–Crippen LogP) is 1.32. The molecule has 3 aliphatic rings. The molecule has 1 aliphatic heterocycles. The number of imide groups is 1. The van der Waals surface area contributed by atoms with Crippen LogP contribution in [-0.2, 0) is 9.59 Å². The van der Waals surface area contributed by atoms with Crippen molar-refractivity contribution < 1.29 is 14.7 Å². The molecular weight excluding hydrogens is 230 g/mol. The van der Waals surface area contributed by atoms with E-state index in [0.717, 1.165) is 32.1 Å². The van der Waals surface area contributed by atoms with Crippen molar-refractivity contribution in [2.75, 3.05) is 0 Å². The predicted molar refractivity (Wildman–Crippen MR) is 65.5 cm³/mol. The Balaban J connectivity index is 1.80. The van der Waals surface area contributed by atoms with Gasteiger partial charge in [-0.3, -0.25) is 14.5 Å². The maximum absolute atomic E-state index is 12.4. The number of hydrogen-bond acceptors (Lipinski definition) is 3. The van der Waals surface area contributed by atoms with E-state index in [0.29, 0.717) is 12.3 Å². The molecule has 18 heavy (non-hydrogen) atoms. The van der Waals surface area contributed by atoms with Crippen molar-refractivity contribution in [3.05, 3.63) is 0 Å². The Kier molecular flexibility index (Phi) is 2.93. The van der Waals surface area contributed by atoms with E-state index >= 15 is 0 Å². The Morgan fingerprint density at radius 2 is 1.78 bits per heavy atom. The van der Waals surface area contributed by atoms with Crippen LogP contribution in [0.25, 0.3) is 0 Å². The van der Waals surface area contributed by atoms with Crippen LogP contribution in [0, 0.1) is 17.8 Å². The van der Waals surface area contributed by atoms with Crippen LogP contribution in [-0.4, -0.2) is 34.0 Å². The Labute approximate surface area is 107 Å². The molecule has 1 heterocycles. The van der Waals surface area contributed by atoms with Crippen molar-refractivity contribution in [1.82, 2.24) is 4.90 Å². The molecule has 2 unspecified atom stereocenters. The third kappa shape index (κ3) is 1.62. The molecule has 0 aromatic heterocycles.